The molecule has 0 aliphatic heterocycles. The first-order valence-electron chi connectivity index (χ1n) is 13.0. The number of methoxy groups -OCH3 is 1. The van der Waals surface area contributed by atoms with Crippen molar-refractivity contribution in [1.82, 2.24) is 10.3 Å². The van der Waals surface area contributed by atoms with Crippen LogP contribution in [0.2, 0.25) is 0 Å². The Kier molecular flexibility index (Phi) is 12.6. The van der Waals surface area contributed by atoms with E-state index in [2.05, 4.69) is 36.4 Å². The van der Waals surface area contributed by atoms with Gasteiger partial charge >= 0.3 is 0 Å². The average molecular weight is 488 g/mol. The molecular weight excluding hydrogens is 442 g/mol. The number of carbonyl (C=O) groups excluding carboxylic acids is 1. The van der Waals surface area contributed by atoms with Crippen LogP contribution in [-0.4, -0.2) is 49.8 Å². The van der Waals surface area contributed by atoms with Crippen molar-refractivity contribution in [3.8, 4) is 11.5 Å². The predicted octanol–water partition coefficient (Wildman–Crippen LogP) is 4.27. The first kappa shape index (κ1) is 28.7. The minimum atomic E-state index is -0.491. The van der Waals surface area contributed by atoms with Crippen LogP contribution in [0.4, 0.5) is 5.69 Å². The first-order chi connectivity index (χ1) is 16.9. The van der Waals surface area contributed by atoms with E-state index in [-0.39, 0.29) is 11.9 Å². The lowest BCUT2D eigenvalue weighted by atomic mass is 10.1. The summed E-state index contributed by atoms with van der Waals surface area (Å²) < 4.78 is 11.9. The number of fused-ring (bicyclic) bond motifs is 1. The SMILES string of the molecule is CCCCCCOc1c(OC)cc(NC(C)CCCNC(=O)[C@@H](N)CCCN)c2nccc(C)c12. The summed E-state index contributed by atoms with van der Waals surface area (Å²) in [5, 5.41) is 7.49. The highest BCUT2D eigenvalue weighted by molar-refractivity contribution is 5.99. The summed E-state index contributed by atoms with van der Waals surface area (Å²) in [6.07, 6.45) is 9.50. The third-order valence-electron chi connectivity index (χ3n) is 6.18. The minimum Gasteiger partial charge on any atom is -0.493 e. The van der Waals surface area contributed by atoms with E-state index in [0.717, 1.165) is 60.0 Å². The van der Waals surface area contributed by atoms with E-state index in [1.807, 2.05) is 18.3 Å². The van der Waals surface area contributed by atoms with Gasteiger partial charge in [-0.2, -0.15) is 0 Å². The molecule has 2 aromatic rings. The number of carbonyl (C=O) groups is 1. The molecule has 1 unspecified atom stereocenters. The van der Waals surface area contributed by atoms with E-state index in [1.54, 1.807) is 7.11 Å². The second-order valence-corrected chi connectivity index (χ2v) is 9.23. The summed E-state index contributed by atoms with van der Waals surface area (Å²) in [6, 6.07) is 3.66. The van der Waals surface area contributed by atoms with Gasteiger partial charge in [0.1, 0.15) is 0 Å². The number of pyridine rings is 1. The number of hydrogen-bond donors (Lipinski definition) is 4. The molecule has 35 heavy (non-hydrogen) atoms. The topological polar surface area (TPSA) is 125 Å². The number of nitrogens with one attached hydrogen (secondary N) is 2. The molecule has 0 spiro atoms. The third-order valence-corrected chi connectivity index (χ3v) is 6.18. The average Bonchev–Trinajstić information content (AvgIpc) is 2.85. The van der Waals surface area contributed by atoms with Crippen molar-refractivity contribution in [2.45, 2.75) is 84.2 Å². The third kappa shape index (κ3) is 8.85. The Morgan fingerprint density at radius 2 is 1.97 bits per heavy atom. The lowest BCUT2D eigenvalue weighted by molar-refractivity contribution is -0.122. The summed E-state index contributed by atoms with van der Waals surface area (Å²) in [5.41, 5.74) is 14.3. The zero-order valence-corrected chi connectivity index (χ0v) is 22.0. The fourth-order valence-corrected chi connectivity index (χ4v) is 4.10. The van der Waals surface area contributed by atoms with Crippen LogP contribution in [0.3, 0.4) is 0 Å². The summed E-state index contributed by atoms with van der Waals surface area (Å²) in [5.74, 6) is 1.36. The molecule has 8 nitrogen and oxygen atoms in total. The van der Waals surface area contributed by atoms with Gasteiger partial charge in [-0.3, -0.25) is 9.78 Å². The van der Waals surface area contributed by atoms with Gasteiger partial charge in [0.05, 0.1) is 36.3 Å². The molecular formula is C27H45N5O3. The number of nitrogens with two attached hydrogens (primary N) is 2. The smallest absolute Gasteiger partial charge is 0.236 e. The fourth-order valence-electron chi connectivity index (χ4n) is 4.10. The van der Waals surface area contributed by atoms with Crippen LogP contribution < -0.4 is 31.6 Å². The van der Waals surface area contributed by atoms with Crippen LogP contribution in [0.1, 0.15) is 70.8 Å². The highest BCUT2D eigenvalue weighted by atomic mass is 16.5. The van der Waals surface area contributed by atoms with Crippen LogP contribution in [-0.2, 0) is 4.79 Å². The van der Waals surface area contributed by atoms with Crippen LogP contribution in [0.5, 0.6) is 11.5 Å². The minimum absolute atomic E-state index is 0.111. The zero-order chi connectivity index (χ0) is 25.6. The normalized spacial score (nSPS) is 12.9. The predicted molar refractivity (Wildman–Crippen MR) is 144 cm³/mol. The number of unbranched alkanes of at least 4 members (excludes halogenated alkanes) is 3. The van der Waals surface area contributed by atoms with Crippen molar-refractivity contribution in [3.63, 3.8) is 0 Å². The maximum atomic E-state index is 12.1. The molecule has 2 rings (SSSR count). The second-order valence-electron chi connectivity index (χ2n) is 9.23. The van der Waals surface area contributed by atoms with Gasteiger partial charge < -0.3 is 31.6 Å². The number of anilines is 1. The maximum absolute atomic E-state index is 12.1. The van der Waals surface area contributed by atoms with Gasteiger partial charge in [-0.05, 0) is 64.1 Å². The largest absolute Gasteiger partial charge is 0.493 e. The molecule has 0 aliphatic carbocycles. The Bertz CT molecular complexity index is 921. The Labute approximate surface area is 210 Å². The van der Waals surface area contributed by atoms with E-state index in [9.17, 15) is 4.79 Å². The van der Waals surface area contributed by atoms with Crippen LogP contribution in [0.25, 0.3) is 10.9 Å². The number of rotatable bonds is 17. The number of amides is 1. The standard InChI is InChI=1S/C27H45N5O3/c1-5-6-7-8-17-35-26-23(34-4)18-22(25-24(26)19(2)13-16-30-25)32-20(3)11-10-15-31-27(33)21(29)12-9-14-28/h13,16,18,20-21,32H,5-12,14-15,17,28-29H2,1-4H3,(H,31,33)/t20?,21-/m0/s1. The summed E-state index contributed by atoms with van der Waals surface area (Å²) in [6.45, 7) is 8.19. The highest BCUT2D eigenvalue weighted by Gasteiger charge is 2.18. The Morgan fingerprint density at radius 1 is 1.17 bits per heavy atom. The molecule has 8 heteroatoms. The number of nitrogens with zero attached hydrogens (tertiary/aromatic N) is 1. The van der Waals surface area contributed by atoms with Crippen molar-refractivity contribution < 1.29 is 14.3 Å². The van der Waals surface area contributed by atoms with Gasteiger partial charge in [0.25, 0.3) is 0 Å². The van der Waals surface area contributed by atoms with Gasteiger partial charge in [0.2, 0.25) is 5.91 Å². The molecule has 6 N–H and O–H groups in total. The molecule has 0 aliphatic rings. The van der Waals surface area contributed by atoms with Crippen molar-refractivity contribution in [2.24, 2.45) is 11.5 Å². The first-order valence-corrected chi connectivity index (χ1v) is 13.0. The van der Waals surface area contributed by atoms with E-state index in [0.29, 0.717) is 31.9 Å². The summed E-state index contributed by atoms with van der Waals surface area (Å²) >= 11 is 0. The Balaban J connectivity index is 2.04. The second kappa shape index (κ2) is 15.4. The zero-order valence-electron chi connectivity index (χ0n) is 22.0. The maximum Gasteiger partial charge on any atom is 0.236 e. The Hall–Kier alpha value is -2.58. The number of aromatic nitrogens is 1. The van der Waals surface area contributed by atoms with Crippen LogP contribution in [0, 0.1) is 6.92 Å². The molecule has 196 valence electrons. The number of benzene rings is 1. The van der Waals surface area contributed by atoms with Crippen molar-refractivity contribution >= 4 is 22.5 Å². The van der Waals surface area contributed by atoms with E-state index < -0.39 is 6.04 Å². The monoisotopic (exact) mass is 487 g/mol. The molecule has 1 amide bonds. The fraction of sp³-hybridized carbons (Fsp3) is 0.630. The van der Waals surface area contributed by atoms with Crippen molar-refractivity contribution in [2.75, 3.05) is 32.1 Å². The number of ether oxygens (including phenoxy) is 2. The molecule has 0 bridgehead atoms. The van der Waals surface area contributed by atoms with Gasteiger partial charge in [-0.25, -0.2) is 0 Å². The molecule has 0 radical (unpaired) electrons. The quantitative estimate of drug-likeness (QED) is 0.246. The molecule has 2 atom stereocenters. The van der Waals surface area contributed by atoms with E-state index >= 15 is 0 Å². The Morgan fingerprint density at radius 3 is 2.69 bits per heavy atom. The number of hydrogen-bond acceptors (Lipinski definition) is 7. The van der Waals surface area contributed by atoms with Gasteiger partial charge in [0.15, 0.2) is 11.5 Å². The highest BCUT2D eigenvalue weighted by Crippen LogP contribution is 2.41. The summed E-state index contributed by atoms with van der Waals surface area (Å²) in [7, 11) is 1.67. The molecule has 1 heterocycles. The van der Waals surface area contributed by atoms with Gasteiger partial charge in [-0.1, -0.05) is 26.2 Å². The molecule has 1 aromatic carbocycles. The molecule has 0 saturated carbocycles. The molecule has 1 aromatic heterocycles. The van der Waals surface area contributed by atoms with Crippen molar-refractivity contribution in [3.05, 3.63) is 23.9 Å². The summed E-state index contributed by atoms with van der Waals surface area (Å²) in [4.78, 5) is 16.7. The van der Waals surface area contributed by atoms with Gasteiger partial charge in [0, 0.05) is 24.8 Å². The molecule has 0 saturated heterocycles. The van der Waals surface area contributed by atoms with E-state index in [4.69, 9.17) is 20.9 Å². The van der Waals surface area contributed by atoms with Crippen LogP contribution in [0.15, 0.2) is 18.3 Å². The van der Waals surface area contributed by atoms with E-state index in [1.165, 1.54) is 12.8 Å². The lowest BCUT2D eigenvalue weighted by Gasteiger charge is -2.21. The van der Waals surface area contributed by atoms with Crippen molar-refractivity contribution in [1.29, 1.82) is 0 Å². The number of aryl methyl sites for hydroxylation is 1. The van der Waals surface area contributed by atoms with Gasteiger partial charge in [-0.15, -0.1) is 0 Å². The molecule has 0 fully saturated rings. The van der Waals surface area contributed by atoms with Crippen LogP contribution >= 0.6 is 0 Å². The lowest BCUT2D eigenvalue weighted by Crippen LogP contribution is -2.41.